The number of hydrogen-bond donors (Lipinski definition) is 2. The summed E-state index contributed by atoms with van der Waals surface area (Å²) in [5.74, 6) is 0. The lowest BCUT2D eigenvalue weighted by Gasteiger charge is -1.99. The number of anilines is 2. The van der Waals surface area contributed by atoms with Crippen molar-refractivity contribution in [2.24, 2.45) is 0 Å². The summed E-state index contributed by atoms with van der Waals surface area (Å²) < 4.78 is 0. The van der Waals surface area contributed by atoms with Crippen LogP contribution in [0.3, 0.4) is 0 Å². The molecule has 0 amide bonds. The maximum absolute atomic E-state index is 5.48. The zero-order chi connectivity index (χ0) is 6.69. The normalized spacial score (nSPS) is 9.00. The molecule has 0 aromatic heterocycles. The van der Waals surface area contributed by atoms with Crippen LogP contribution in [-0.4, -0.2) is 0 Å². The third-order valence-corrected chi connectivity index (χ3v) is 1.27. The summed E-state index contributed by atoms with van der Waals surface area (Å²) >= 11 is 5.30. The van der Waals surface area contributed by atoms with E-state index < -0.39 is 0 Å². The zero-order valence-corrected chi connectivity index (χ0v) is 5.52. The molecule has 0 aliphatic heterocycles. The van der Waals surface area contributed by atoms with Crippen LogP contribution in [0.1, 0.15) is 0 Å². The molecule has 0 unspecified atom stereocenters. The Morgan fingerprint density at radius 3 is 2.44 bits per heavy atom. The molecule has 9 heavy (non-hydrogen) atoms. The van der Waals surface area contributed by atoms with Gasteiger partial charge in [0.1, 0.15) is 0 Å². The molecule has 1 rings (SSSR count). The molecule has 0 fully saturated rings. The van der Waals surface area contributed by atoms with Gasteiger partial charge in [-0.05, 0) is 12.1 Å². The highest BCUT2D eigenvalue weighted by Crippen LogP contribution is 2.16. The first-order valence-corrected chi connectivity index (χ1v) is 2.93. The summed E-state index contributed by atoms with van der Waals surface area (Å²) in [6.07, 6.45) is 0. The van der Waals surface area contributed by atoms with Gasteiger partial charge in [-0.1, -0.05) is 12.1 Å². The molecular weight excluding hydrogens is 136 g/mol. The first-order chi connectivity index (χ1) is 4.34. The van der Waals surface area contributed by atoms with Crippen LogP contribution in [0.15, 0.2) is 24.3 Å². The second-order valence-electron chi connectivity index (χ2n) is 1.68. The van der Waals surface area contributed by atoms with Gasteiger partial charge in [0.25, 0.3) is 0 Å². The van der Waals surface area contributed by atoms with Crippen molar-refractivity contribution < 1.29 is 0 Å². The van der Waals surface area contributed by atoms with Gasteiger partial charge in [-0.3, -0.25) is 4.84 Å². The number of nitrogens with two attached hydrogens (primary N) is 1. The number of rotatable bonds is 1. The number of benzene rings is 1. The Morgan fingerprint density at radius 2 is 2.00 bits per heavy atom. The van der Waals surface area contributed by atoms with Crippen LogP contribution in [0.25, 0.3) is 0 Å². The number of hydrogen-bond acceptors (Lipinski definition) is 2. The van der Waals surface area contributed by atoms with Gasteiger partial charge in [0, 0.05) is 11.8 Å². The van der Waals surface area contributed by atoms with E-state index in [1.807, 2.05) is 18.2 Å². The van der Waals surface area contributed by atoms with E-state index >= 15 is 0 Å². The minimum absolute atomic E-state index is 0.660. The summed E-state index contributed by atoms with van der Waals surface area (Å²) in [6, 6.07) is 7.31. The smallest absolute Gasteiger partial charge is 0.0721 e. The summed E-state index contributed by atoms with van der Waals surface area (Å²) in [5, 5.41) is 0. The van der Waals surface area contributed by atoms with Crippen molar-refractivity contribution >= 4 is 23.2 Å². The lowest BCUT2D eigenvalue weighted by molar-refractivity contribution is 1.66. The number of nitrogen functional groups attached to an aromatic ring is 1. The molecule has 0 atom stereocenters. The summed E-state index contributed by atoms with van der Waals surface area (Å²) in [5.41, 5.74) is 6.89. The Bertz CT molecular complexity index is 200. The van der Waals surface area contributed by atoms with Crippen LogP contribution < -0.4 is 10.6 Å². The van der Waals surface area contributed by atoms with E-state index in [0.29, 0.717) is 5.69 Å². The Labute approximate surface area is 58.7 Å². The molecule has 3 N–H and O–H groups in total. The van der Waals surface area contributed by atoms with Crippen molar-refractivity contribution in [1.29, 1.82) is 0 Å². The van der Waals surface area contributed by atoms with Crippen molar-refractivity contribution in [3.63, 3.8) is 0 Å². The Balaban J connectivity index is 3.01. The van der Waals surface area contributed by atoms with Gasteiger partial charge in [-0.25, -0.2) is 0 Å². The summed E-state index contributed by atoms with van der Waals surface area (Å²) in [4.78, 5) is 2.44. The average molecular weight is 143 g/mol. The number of para-hydroxylation sites is 2. The molecule has 0 saturated heterocycles. The molecule has 0 spiro atoms. The van der Waals surface area contributed by atoms with E-state index in [1.54, 1.807) is 6.07 Å². The SMILES string of the molecule is Nc1ccccc1NCl. The highest BCUT2D eigenvalue weighted by atomic mass is 35.5. The topological polar surface area (TPSA) is 38.0 Å². The quantitative estimate of drug-likeness (QED) is 0.464. The minimum Gasteiger partial charge on any atom is -0.397 e. The number of nitrogens with one attached hydrogen (secondary N) is 1. The zero-order valence-electron chi connectivity index (χ0n) is 4.76. The van der Waals surface area contributed by atoms with Crippen molar-refractivity contribution in [2.75, 3.05) is 10.6 Å². The third-order valence-electron chi connectivity index (χ3n) is 1.06. The second kappa shape index (κ2) is 2.60. The van der Waals surface area contributed by atoms with E-state index in [-0.39, 0.29) is 0 Å². The second-order valence-corrected chi connectivity index (χ2v) is 1.87. The lowest BCUT2D eigenvalue weighted by Crippen LogP contribution is -1.89. The standard InChI is InChI=1S/C6H7ClN2/c7-9-6-4-2-1-3-5(6)8/h1-4,9H,8H2. The van der Waals surface area contributed by atoms with Gasteiger partial charge in [0.2, 0.25) is 0 Å². The van der Waals surface area contributed by atoms with Crippen LogP contribution >= 0.6 is 11.8 Å². The molecule has 0 radical (unpaired) electrons. The minimum atomic E-state index is 0.660. The monoisotopic (exact) mass is 142 g/mol. The van der Waals surface area contributed by atoms with Gasteiger partial charge in [-0.2, -0.15) is 0 Å². The van der Waals surface area contributed by atoms with Crippen LogP contribution in [0.2, 0.25) is 0 Å². The lowest BCUT2D eigenvalue weighted by atomic mass is 10.3. The Morgan fingerprint density at radius 1 is 1.33 bits per heavy atom. The molecule has 0 saturated carbocycles. The molecule has 0 aliphatic rings. The molecule has 2 nitrogen and oxygen atoms in total. The van der Waals surface area contributed by atoms with Gasteiger partial charge in [-0.15, -0.1) is 0 Å². The van der Waals surface area contributed by atoms with E-state index in [4.69, 9.17) is 17.5 Å². The molecule has 48 valence electrons. The van der Waals surface area contributed by atoms with Gasteiger partial charge in [0.15, 0.2) is 0 Å². The predicted molar refractivity (Wildman–Crippen MR) is 40.3 cm³/mol. The van der Waals surface area contributed by atoms with E-state index in [2.05, 4.69) is 4.84 Å². The van der Waals surface area contributed by atoms with Gasteiger partial charge < -0.3 is 5.73 Å². The van der Waals surface area contributed by atoms with E-state index in [1.165, 1.54) is 0 Å². The molecule has 3 heteroatoms. The molecule has 1 aromatic rings. The fraction of sp³-hybridized carbons (Fsp3) is 0. The van der Waals surface area contributed by atoms with E-state index in [0.717, 1.165) is 5.69 Å². The van der Waals surface area contributed by atoms with Crippen molar-refractivity contribution in [3.05, 3.63) is 24.3 Å². The first kappa shape index (κ1) is 6.23. The van der Waals surface area contributed by atoms with Crippen LogP contribution in [0.4, 0.5) is 11.4 Å². The largest absolute Gasteiger partial charge is 0.397 e. The Hall–Kier alpha value is -0.890. The van der Waals surface area contributed by atoms with Crippen LogP contribution in [-0.2, 0) is 0 Å². The van der Waals surface area contributed by atoms with Crippen molar-refractivity contribution in [3.8, 4) is 0 Å². The Kier molecular flexibility index (Phi) is 1.80. The van der Waals surface area contributed by atoms with Crippen molar-refractivity contribution in [1.82, 2.24) is 0 Å². The van der Waals surface area contributed by atoms with Gasteiger partial charge >= 0.3 is 0 Å². The molecule has 0 heterocycles. The maximum Gasteiger partial charge on any atom is 0.0721 e. The molecule has 0 aliphatic carbocycles. The fourth-order valence-corrected chi connectivity index (χ4v) is 0.755. The van der Waals surface area contributed by atoms with Crippen LogP contribution in [0, 0.1) is 0 Å². The predicted octanol–water partition coefficient (Wildman–Crippen LogP) is 1.83. The average Bonchev–Trinajstić information content (AvgIpc) is 1.89. The first-order valence-electron chi connectivity index (χ1n) is 2.56. The van der Waals surface area contributed by atoms with Gasteiger partial charge in [0.05, 0.1) is 11.4 Å². The third kappa shape index (κ3) is 1.27. The fourth-order valence-electron chi connectivity index (χ4n) is 0.583. The molecular formula is C6H7ClN2. The highest BCUT2D eigenvalue weighted by molar-refractivity contribution is 6.24. The van der Waals surface area contributed by atoms with Crippen LogP contribution in [0.5, 0.6) is 0 Å². The molecule has 1 aromatic carbocycles. The highest BCUT2D eigenvalue weighted by Gasteiger charge is 1.90. The summed E-state index contributed by atoms with van der Waals surface area (Å²) in [6.45, 7) is 0. The maximum atomic E-state index is 5.48. The number of halogens is 1. The van der Waals surface area contributed by atoms with E-state index in [9.17, 15) is 0 Å². The molecule has 0 bridgehead atoms. The summed E-state index contributed by atoms with van der Waals surface area (Å²) in [7, 11) is 0. The van der Waals surface area contributed by atoms with Crippen molar-refractivity contribution in [2.45, 2.75) is 0 Å².